The van der Waals surface area contributed by atoms with Crippen LogP contribution in [0.1, 0.15) is 11.1 Å². The van der Waals surface area contributed by atoms with Gasteiger partial charge in [-0.3, -0.25) is 0 Å². The van der Waals surface area contributed by atoms with E-state index in [1.165, 1.54) is 23.0 Å². The number of nitrogens with zero attached hydrogens (tertiary/aromatic N) is 4. The molecule has 20 heavy (non-hydrogen) atoms. The highest BCUT2D eigenvalue weighted by Gasteiger charge is 2.12. The number of fused-ring (bicyclic) bond motifs is 1. The van der Waals surface area contributed by atoms with Gasteiger partial charge in [0, 0.05) is 11.3 Å². The third-order valence-electron chi connectivity index (χ3n) is 2.91. The van der Waals surface area contributed by atoms with Gasteiger partial charge in [-0.15, -0.1) is 0 Å². The molecule has 0 spiro atoms. The standard InChI is InChI=1S/C13H11ClFN5/c1-7-3-9(15)5-10(4-7)18-12-8(2)11(14)19-13-16-6-17-20(12)13/h3-6,18H,1-2H3. The number of aryl methyl sites for hydroxylation is 1. The van der Waals surface area contributed by atoms with Gasteiger partial charge >= 0.3 is 0 Å². The van der Waals surface area contributed by atoms with Gasteiger partial charge in [0.2, 0.25) is 0 Å². The Morgan fingerprint density at radius 1 is 1.25 bits per heavy atom. The van der Waals surface area contributed by atoms with Gasteiger partial charge < -0.3 is 5.32 Å². The summed E-state index contributed by atoms with van der Waals surface area (Å²) in [5.41, 5.74) is 2.15. The minimum atomic E-state index is -0.305. The first-order valence-corrected chi connectivity index (χ1v) is 6.32. The number of hydrogen-bond donors (Lipinski definition) is 1. The van der Waals surface area contributed by atoms with Crippen molar-refractivity contribution in [3.05, 3.63) is 46.6 Å². The first-order chi connectivity index (χ1) is 9.54. The van der Waals surface area contributed by atoms with E-state index in [0.29, 0.717) is 28.0 Å². The molecule has 7 heteroatoms. The van der Waals surface area contributed by atoms with Crippen LogP contribution in [0.5, 0.6) is 0 Å². The highest BCUT2D eigenvalue weighted by molar-refractivity contribution is 6.30. The minimum Gasteiger partial charge on any atom is -0.340 e. The lowest BCUT2D eigenvalue weighted by molar-refractivity contribution is 0.627. The van der Waals surface area contributed by atoms with Crippen LogP contribution in [0.2, 0.25) is 5.15 Å². The molecule has 0 bridgehead atoms. The molecule has 5 nitrogen and oxygen atoms in total. The number of hydrogen-bond acceptors (Lipinski definition) is 4. The van der Waals surface area contributed by atoms with E-state index in [-0.39, 0.29) is 5.82 Å². The van der Waals surface area contributed by atoms with Crippen LogP contribution >= 0.6 is 11.6 Å². The van der Waals surface area contributed by atoms with Crippen LogP contribution in [0.3, 0.4) is 0 Å². The number of anilines is 2. The lowest BCUT2D eigenvalue weighted by Crippen LogP contribution is -2.05. The molecular formula is C13H11ClFN5. The van der Waals surface area contributed by atoms with Gasteiger partial charge in [-0.25, -0.2) is 4.39 Å². The zero-order valence-corrected chi connectivity index (χ0v) is 11.6. The van der Waals surface area contributed by atoms with Crippen LogP contribution in [0, 0.1) is 19.7 Å². The normalized spacial score (nSPS) is 11.0. The Balaban J connectivity index is 2.14. The van der Waals surface area contributed by atoms with Crippen molar-refractivity contribution in [2.45, 2.75) is 13.8 Å². The summed E-state index contributed by atoms with van der Waals surface area (Å²) in [4.78, 5) is 8.11. The number of halogens is 2. The van der Waals surface area contributed by atoms with Crippen molar-refractivity contribution in [1.82, 2.24) is 19.6 Å². The van der Waals surface area contributed by atoms with Crippen LogP contribution in [0.4, 0.5) is 15.9 Å². The average molecular weight is 292 g/mol. The largest absolute Gasteiger partial charge is 0.340 e. The molecule has 3 rings (SSSR count). The van der Waals surface area contributed by atoms with Gasteiger partial charge in [-0.1, -0.05) is 11.6 Å². The highest BCUT2D eigenvalue weighted by atomic mass is 35.5. The SMILES string of the molecule is Cc1cc(F)cc(Nc2c(C)c(Cl)nc3ncnn23)c1. The summed E-state index contributed by atoms with van der Waals surface area (Å²) in [5.74, 6) is 0.693. The summed E-state index contributed by atoms with van der Waals surface area (Å²) in [7, 11) is 0. The quantitative estimate of drug-likeness (QED) is 0.736. The lowest BCUT2D eigenvalue weighted by Gasteiger charge is -2.12. The van der Waals surface area contributed by atoms with Crippen molar-refractivity contribution in [2.75, 3.05) is 5.32 Å². The second-order valence-electron chi connectivity index (χ2n) is 4.49. The van der Waals surface area contributed by atoms with Crippen LogP contribution in [0.15, 0.2) is 24.5 Å². The molecule has 0 radical (unpaired) electrons. The maximum absolute atomic E-state index is 13.5. The fourth-order valence-corrected chi connectivity index (χ4v) is 2.15. The van der Waals surface area contributed by atoms with Crippen LogP contribution in [0.25, 0.3) is 5.78 Å². The molecule has 0 atom stereocenters. The van der Waals surface area contributed by atoms with Crippen LogP contribution < -0.4 is 5.32 Å². The maximum atomic E-state index is 13.5. The van der Waals surface area contributed by atoms with Crippen molar-refractivity contribution in [2.24, 2.45) is 0 Å². The number of nitrogens with one attached hydrogen (secondary N) is 1. The van der Waals surface area contributed by atoms with E-state index in [0.717, 1.165) is 5.56 Å². The Kier molecular flexibility index (Phi) is 3.02. The third kappa shape index (κ3) is 2.18. The van der Waals surface area contributed by atoms with Gasteiger partial charge in [0.15, 0.2) is 0 Å². The molecule has 3 aromatic rings. The minimum absolute atomic E-state index is 0.305. The van der Waals surface area contributed by atoms with Gasteiger partial charge in [-0.05, 0) is 37.6 Å². The first-order valence-electron chi connectivity index (χ1n) is 5.94. The van der Waals surface area contributed by atoms with E-state index in [2.05, 4.69) is 20.4 Å². The summed E-state index contributed by atoms with van der Waals surface area (Å²) in [6, 6.07) is 4.70. The van der Waals surface area contributed by atoms with Gasteiger partial charge in [0.1, 0.15) is 23.1 Å². The Morgan fingerprint density at radius 2 is 2.05 bits per heavy atom. The Bertz CT molecular complexity index is 779. The highest BCUT2D eigenvalue weighted by Crippen LogP contribution is 2.26. The molecule has 2 heterocycles. The van der Waals surface area contributed by atoms with E-state index in [1.807, 2.05) is 19.9 Å². The summed E-state index contributed by atoms with van der Waals surface area (Å²) in [6.07, 6.45) is 1.39. The lowest BCUT2D eigenvalue weighted by atomic mass is 10.2. The molecule has 0 saturated heterocycles. The molecule has 1 N–H and O–H groups in total. The zero-order chi connectivity index (χ0) is 14.3. The molecule has 0 aliphatic heterocycles. The predicted octanol–water partition coefficient (Wildman–Crippen LogP) is 3.28. The Morgan fingerprint density at radius 3 is 2.80 bits per heavy atom. The van der Waals surface area contributed by atoms with E-state index in [9.17, 15) is 4.39 Å². The van der Waals surface area contributed by atoms with Crippen molar-refractivity contribution in [3.63, 3.8) is 0 Å². The first kappa shape index (κ1) is 12.8. The number of rotatable bonds is 2. The Hall–Kier alpha value is -2.21. The van der Waals surface area contributed by atoms with E-state index >= 15 is 0 Å². The second kappa shape index (κ2) is 4.72. The van der Waals surface area contributed by atoms with Gasteiger partial charge in [0.25, 0.3) is 5.78 Å². The summed E-state index contributed by atoms with van der Waals surface area (Å²) in [6.45, 7) is 3.64. The Labute approximate surface area is 119 Å². The molecule has 102 valence electrons. The van der Waals surface area contributed by atoms with Gasteiger partial charge in [0.05, 0.1) is 0 Å². The molecular weight excluding hydrogens is 281 g/mol. The molecule has 0 saturated carbocycles. The molecule has 0 unspecified atom stereocenters. The summed E-state index contributed by atoms with van der Waals surface area (Å²) < 4.78 is 15.0. The molecule has 2 aromatic heterocycles. The average Bonchev–Trinajstić information content (AvgIpc) is 2.81. The smallest absolute Gasteiger partial charge is 0.255 e. The molecule has 0 fully saturated rings. The predicted molar refractivity (Wildman–Crippen MR) is 74.9 cm³/mol. The zero-order valence-electron chi connectivity index (χ0n) is 10.9. The van der Waals surface area contributed by atoms with Crippen LogP contribution in [-0.4, -0.2) is 19.6 Å². The summed E-state index contributed by atoms with van der Waals surface area (Å²) >= 11 is 6.07. The van der Waals surface area contributed by atoms with Crippen molar-refractivity contribution >= 4 is 28.9 Å². The number of benzene rings is 1. The molecule has 0 aliphatic carbocycles. The van der Waals surface area contributed by atoms with E-state index < -0.39 is 0 Å². The summed E-state index contributed by atoms with van der Waals surface area (Å²) in [5, 5.41) is 7.54. The second-order valence-corrected chi connectivity index (χ2v) is 4.85. The van der Waals surface area contributed by atoms with E-state index in [1.54, 1.807) is 0 Å². The number of aromatic nitrogens is 4. The van der Waals surface area contributed by atoms with Crippen molar-refractivity contribution in [3.8, 4) is 0 Å². The fourth-order valence-electron chi connectivity index (χ4n) is 1.99. The fraction of sp³-hybridized carbons (Fsp3) is 0.154. The monoisotopic (exact) mass is 291 g/mol. The van der Waals surface area contributed by atoms with Gasteiger partial charge in [-0.2, -0.15) is 19.6 Å². The van der Waals surface area contributed by atoms with Crippen molar-refractivity contribution < 1.29 is 4.39 Å². The maximum Gasteiger partial charge on any atom is 0.255 e. The molecule has 1 aromatic carbocycles. The molecule has 0 amide bonds. The van der Waals surface area contributed by atoms with Crippen LogP contribution in [-0.2, 0) is 0 Å². The third-order valence-corrected chi connectivity index (χ3v) is 3.28. The molecule has 0 aliphatic rings. The van der Waals surface area contributed by atoms with Crippen molar-refractivity contribution in [1.29, 1.82) is 0 Å². The topological polar surface area (TPSA) is 55.1 Å². The van der Waals surface area contributed by atoms with E-state index in [4.69, 9.17) is 11.6 Å².